The molecule has 23 heavy (non-hydrogen) atoms. The van der Waals surface area contributed by atoms with Crippen LogP contribution >= 0.6 is 0 Å². The van der Waals surface area contributed by atoms with Gasteiger partial charge in [-0.1, -0.05) is 25.1 Å². The van der Waals surface area contributed by atoms with Crippen molar-refractivity contribution in [2.75, 3.05) is 31.6 Å². The lowest BCUT2D eigenvalue weighted by Crippen LogP contribution is -2.41. The van der Waals surface area contributed by atoms with Crippen LogP contribution in [0.15, 0.2) is 42.6 Å². The monoisotopic (exact) mass is 311 g/mol. The summed E-state index contributed by atoms with van der Waals surface area (Å²) >= 11 is 0. The zero-order valence-electron chi connectivity index (χ0n) is 13.3. The minimum atomic E-state index is -0.0410. The minimum Gasteiger partial charge on any atom is -0.378 e. The Kier molecular flexibility index (Phi) is 4.88. The number of carbonyl (C=O) groups is 1. The van der Waals surface area contributed by atoms with Crippen molar-refractivity contribution >= 4 is 17.3 Å². The van der Waals surface area contributed by atoms with Crippen LogP contribution in [0.2, 0.25) is 0 Å². The van der Waals surface area contributed by atoms with E-state index in [-0.39, 0.29) is 5.91 Å². The number of carbonyl (C=O) groups excluding carboxylic acids is 1. The van der Waals surface area contributed by atoms with E-state index in [1.807, 2.05) is 30.3 Å². The molecule has 2 heterocycles. The van der Waals surface area contributed by atoms with Crippen LogP contribution in [0.1, 0.15) is 23.0 Å². The molecule has 0 unspecified atom stereocenters. The maximum absolute atomic E-state index is 12.5. The zero-order valence-corrected chi connectivity index (χ0v) is 13.3. The molecule has 1 aromatic carbocycles. The van der Waals surface area contributed by atoms with E-state index in [0.29, 0.717) is 32.0 Å². The Hall–Kier alpha value is -2.40. The second kappa shape index (κ2) is 7.24. The number of hydrogen-bond acceptors (Lipinski definition) is 4. The minimum absolute atomic E-state index is 0.0410. The van der Waals surface area contributed by atoms with E-state index in [0.717, 1.165) is 17.8 Å². The van der Waals surface area contributed by atoms with E-state index in [1.165, 1.54) is 5.56 Å². The number of anilines is 2. The average molecular weight is 311 g/mol. The summed E-state index contributed by atoms with van der Waals surface area (Å²) in [7, 11) is 0. The van der Waals surface area contributed by atoms with Gasteiger partial charge in [0.25, 0.3) is 5.91 Å². The molecule has 0 spiro atoms. The van der Waals surface area contributed by atoms with E-state index in [1.54, 1.807) is 11.1 Å². The number of benzene rings is 1. The van der Waals surface area contributed by atoms with Gasteiger partial charge in [0.05, 0.1) is 13.2 Å². The van der Waals surface area contributed by atoms with Gasteiger partial charge in [0.1, 0.15) is 5.69 Å². The number of pyridine rings is 1. The number of morpholine rings is 1. The van der Waals surface area contributed by atoms with Crippen molar-refractivity contribution in [3.8, 4) is 0 Å². The number of para-hydroxylation sites is 1. The molecule has 3 rings (SSSR count). The third kappa shape index (κ3) is 3.68. The number of nitrogens with one attached hydrogen (secondary N) is 1. The normalized spacial score (nSPS) is 14.6. The number of aromatic nitrogens is 1. The van der Waals surface area contributed by atoms with Crippen molar-refractivity contribution in [2.45, 2.75) is 13.3 Å². The Morgan fingerprint density at radius 3 is 2.83 bits per heavy atom. The van der Waals surface area contributed by atoms with Gasteiger partial charge in [0.2, 0.25) is 0 Å². The van der Waals surface area contributed by atoms with Crippen molar-refractivity contribution in [3.63, 3.8) is 0 Å². The van der Waals surface area contributed by atoms with Crippen LogP contribution in [-0.4, -0.2) is 42.1 Å². The van der Waals surface area contributed by atoms with Gasteiger partial charge in [-0.15, -0.1) is 0 Å². The molecule has 1 aromatic heterocycles. The Labute approximate surface area is 136 Å². The molecule has 120 valence electrons. The number of nitrogens with zero attached hydrogens (tertiary/aromatic N) is 2. The highest BCUT2D eigenvalue weighted by atomic mass is 16.5. The van der Waals surface area contributed by atoms with Crippen molar-refractivity contribution < 1.29 is 9.53 Å². The van der Waals surface area contributed by atoms with Gasteiger partial charge in [0.15, 0.2) is 0 Å². The van der Waals surface area contributed by atoms with Crippen LogP contribution in [0.4, 0.5) is 11.4 Å². The van der Waals surface area contributed by atoms with Gasteiger partial charge in [-0.05, 0) is 30.2 Å². The largest absolute Gasteiger partial charge is 0.378 e. The maximum atomic E-state index is 12.5. The number of aryl methyl sites for hydroxylation is 1. The van der Waals surface area contributed by atoms with Crippen LogP contribution in [0, 0.1) is 0 Å². The topological polar surface area (TPSA) is 54.5 Å². The first kappa shape index (κ1) is 15.5. The Morgan fingerprint density at radius 1 is 1.26 bits per heavy atom. The van der Waals surface area contributed by atoms with Crippen molar-refractivity contribution in [1.29, 1.82) is 0 Å². The van der Waals surface area contributed by atoms with Gasteiger partial charge in [0, 0.05) is 30.7 Å². The van der Waals surface area contributed by atoms with Gasteiger partial charge in [-0.2, -0.15) is 0 Å². The number of ether oxygens (including phenoxy) is 1. The van der Waals surface area contributed by atoms with E-state index >= 15 is 0 Å². The lowest BCUT2D eigenvalue weighted by molar-refractivity contribution is 0.0299. The lowest BCUT2D eigenvalue weighted by Gasteiger charge is -2.26. The van der Waals surface area contributed by atoms with Crippen LogP contribution < -0.4 is 5.32 Å². The third-order valence-electron chi connectivity index (χ3n) is 3.95. The van der Waals surface area contributed by atoms with Crippen LogP contribution in [0.3, 0.4) is 0 Å². The van der Waals surface area contributed by atoms with Crippen LogP contribution in [0.25, 0.3) is 0 Å². The molecule has 1 amide bonds. The SMILES string of the molecule is CCc1ccccc1Nc1ccnc(C(=O)N2CCOCC2)c1. The first-order valence-electron chi connectivity index (χ1n) is 7.96. The Balaban J connectivity index is 1.78. The van der Waals surface area contributed by atoms with Crippen molar-refractivity contribution in [2.24, 2.45) is 0 Å². The lowest BCUT2D eigenvalue weighted by atomic mass is 10.1. The molecule has 1 aliphatic heterocycles. The fourth-order valence-corrected chi connectivity index (χ4v) is 2.66. The second-order valence-electron chi connectivity index (χ2n) is 5.47. The standard InChI is InChI=1S/C18H21N3O2/c1-2-14-5-3-4-6-16(14)20-15-7-8-19-17(13-15)18(22)21-9-11-23-12-10-21/h3-8,13H,2,9-12H2,1H3,(H,19,20). The maximum Gasteiger partial charge on any atom is 0.272 e. The third-order valence-corrected chi connectivity index (χ3v) is 3.95. The first-order chi connectivity index (χ1) is 11.3. The highest BCUT2D eigenvalue weighted by Gasteiger charge is 2.19. The quantitative estimate of drug-likeness (QED) is 0.943. The number of hydrogen-bond donors (Lipinski definition) is 1. The summed E-state index contributed by atoms with van der Waals surface area (Å²) in [6, 6.07) is 11.9. The molecule has 0 bridgehead atoms. The molecule has 0 saturated carbocycles. The smallest absolute Gasteiger partial charge is 0.272 e. The highest BCUT2D eigenvalue weighted by Crippen LogP contribution is 2.21. The molecule has 0 atom stereocenters. The molecule has 1 aliphatic rings. The molecule has 5 heteroatoms. The van der Waals surface area contributed by atoms with Gasteiger partial charge >= 0.3 is 0 Å². The molecule has 5 nitrogen and oxygen atoms in total. The second-order valence-corrected chi connectivity index (χ2v) is 5.47. The number of amides is 1. The zero-order chi connectivity index (χ0) is 16.1. The summed E-state index contributed by atoms with van der Waals surface area (Å²) in [5, 5.41) is 3.39. The van der Waals surface area contributed by atoms with E-state index in [2.05, 4.69) is 23.3 Å². The summed E-state index contributed by atoms with van der Waals surface area (Å²) in [4.78, 5) is 18.5. The predicted molar refractivity (Wildman–Crippen MR) is 90.1 cm³/mol. The van der Waals surface area contributed by atoms with E-state index < -0.39 is 0 Å². The molecule has 1 saturated heterocycles. The van der Waals surface area contributed by atoms with Gasteiger partial charge in [-0.3, -0.25) is 9.78 Å². The fraction of sp³-hybridized carbons (Fsp3) is 0.333. The highest BCUT2D eigenvalue weighted by molar-refractivity contribution is 5.93. The van der Waals surface area contributed by atoms with Crippen LogP contribution in [-0.2, 0) is 11.2 Å². The van der Waals surface area contributed by atoms with Gasteiger partial charge < -0.3 is 15.0 Å². The fourth-order valence-electron chi connectivity index (χ4n) is 2.66. The van der Waals surface area contributed by atoms with E-state index in [9.17, 15) is 4.79 Å². The predicted octanol–water partition coefficient (Wildman–Crippen LogP) is 2.86. The summed E-state index contributed by atoms with van der Waals surface area (Å²) in [5.41, 5.74) is 3.64. The number of rotatable bonds is 4. The molecular formula is C18H21N3O2. The average Bonchev–Trinajstić information content (AvgIpc) is 2.62. The molecule has 0 aliphatic carbocycles. The molecule has 1 fully saturated rings. The Bertz CT molecular complexity index is 681. The Morgan fingerprint density at radius 2 is 2.04 bits per heavy atom. The molecular weight excluding hydrogens is 290 g/mol. The summed E-state index contributed by atoms with van der Waals surface area (Å²) in [6.07, 6.45) is 2.62. The van der Waals surface area contributed by atoms with Crippen LogP contribution in [0.5, 0.6) is 0 Å². The van der Waals surface area contributed by atoms with Crippen molar-refractivity contribution in [3.05, 3.63) is 53.9 Å². The molecule has 0 radical (unpaired) electrons. The summed E-state index contributed by atoms with van der Waals surface area (Å²) in [5.74, 6) is -0.0410. The first-order valence-corrected chi connectivity index (χ1v) is 7.96. The summed E-state index contributed by atoms with van der Waals surface area (Å²) in [6.45, 7) is 4.55. The summed E-state index contributed by atoms with van der Waals surface area (Å²) < 4.78 is 5.29. The molecule has 2 aromatic rings. The van der Waals surface area contributed by atoms with Crippen molar-refractivity contribution in [1.82, 2.24) is 9.88 Å². The molecule has 1 N–H and O–H groups in total. The van der Waals surface area contributed by atoms with E-state index in [4.69, 9.17) is 4.74 Å². The van der Waals surface area contributed by atoms with Gasteiger partial charge in [-0.25, -0.2) is 0 Å².